The lowest BCUT2D eigenvalue weighted by molar-refractivity contribution is -0.123. The summed E-state index contributed by atoms with van der Waals surface area (Å²) in [6.07, 6.45) is 0. The number of rotatable bonds is 3. The lowest BCUT2D eigenvalue weighted by Crippen LogP contribution is -2.54. The van der Waals surface area contributed by atoms with Crippen LogP contribution in [0.3, 0.4) is 0 Å². The average Bonchev–Trinajstić information content (AvgIpc) is 3.14. The zero-order valence-corrected chi connectivity index (χ0v) is 19.7. The minimum Gasteiger partial charge on any atom is -0.304 e. The van der Waals surface area contributed by atoms with Crippen molar-refractivity contribution in [1.29, 1.82) is 0 Å². The van der Waals surface area contributed by atoms with Gasteiger partial charge in [0.1, 0.15) is 5.75 Å². The van der Waals surface area contributed by atoms with Crippen LogP contribution < -0.4 is 9.80 Å². The van der Waals surface area contributed by atoms with Crippen molar-refractivity contribution < 1.29 is 18.0 Å². The number of benzene rings is 3. The molecule has 2 aliphatic rings. The number of hydrogen-bond acceptors (Lipinski definition) is 4. The fourth-order valence-corrected chi connectivity index (χ4v) is 6.94. The molecule has 8 heteroatoms. The highest BCUT2D eigenvalue weighted by atomic mass is 35.5. The van der Waals surface area contributed by atoms with Crippen LogP contribution in [-0.4, -0.2) is 26.0 Å². The molecule has 0 aliphatic carbocycles. The third-order valence-corrected chi connectivity index (χ3v) is 8.70. The molecular weight excluding hydrogens is 460 g/mol. The molecule has 0 unspecified atom stereocenters. The van der Waals surface area contributed by atoms with Crippen LogP contribution in [0, 0.1) is 13.8 Å². The van der Waals surface area contributed by atoms with E-state index in [-0.39, 0.29) is 6.54 Å². The Morgan fingerprint density at radius 3 is 2.39 bits per heavy atom. The SMILES string of the molecule is Cc1ccc(C)c(CN2C(=O)[C@]3(c4ccccc42)N(c2ccc(Cl)cc2)C(=O)CS3(=O)=O)c1. The van der Waals surface area contributed by atoms with Crippen molar-refractivity contribution >= 4 is 44.6 Å². The topological polar surface area (TPSA) is 74.8 Å². The van der Waals surface area contributed by atoms with E-state index in [9.17, 15) is 18.0 Å². The first-order chi connectivity index (χ1) is 15.7. The lowest BCUT2D eigenvalue weighted by atomic mass is 10.0. The van der Waals surface area contributed by atoms with Crippen LogP contribution in [-0.2, 0) is 30.8 Å². The van der Waals surface area contributed by atoms with Gasteiger partial charge in [0.2, 0.25) is 5.91 Å². The van der Waals surface area contributed by atoms with E-state index in [0.29, 0.717) is 22.0 Å². The fourth-order valence-electron chi connectivity index (χ4n) is 4.78. The summed E-state index contributed by atoms with van der Waals surface area (Å²) in [6, 6.07) is 19.0. The molecule has 0 bridgehead atoms. The van der Waals surface area contributed by atoms with Crippen molar-refractivity contribution in [2.45, 2.75) is 25.3 Å². The normalized spacial score (nSPS) is 21.2. The summed E-state index contributed by atoms with van der Waals surface area (Å²) in [5.74, 6) is -2.04. The predicted molar refractivity (Wildman–Crippen MR) is 128 cm³/mol. The van der Waals surface area contributed by atoms with E-state index < -0.39 is 32.3 Å². The molecule has 1 spiro atoms. The molecule has 2 amide bonds. The predicted octanol–water partition coefficient (Wildman–Crippen LogP) is 4.12. The number of aryl methyl sites for hydroxylation is 2. The van der Waals surface area contributed by atoms with Crippen molar-refractivity contribution in [3.8, 4) is 0 Å². The highest BCUT2D eigenvalue weighted by Crippen LogP contribution is 2.52. The Morgan fingerprint density at radius 2 is 1.67 bits per heavy atom. The van der Waals surface area contributed by atoms with Gasteiger partial charge in [-0.3, -0.25) is 14.5 Å². The molecule has 0 aromatic heterocycles. The largest absolute Gasteiger partial charge is 0.304 e. The smallest absolute Gasteiger partial charge is 0.274 e. The van der Waals surface area contributed by atoms with E-state index >= 15 is 0 Å². The van der Waals surface area contributed by atoms with E-state index in [2.05, 4.69) is 0 Å². The summed E-state index contributed by atoms with van der Waals surface area (Å²) in [7, 11) is -4.20. The van der Waals surface area contributed by atoms with Crippen molar-refractivity contribution in [3.05, 3.63) is 94.0 Å². The van der Waals surface area contributed by atoms with Gasteiger partial charge in [-0.25, -0.2) is 8.42 Å². The lowest BCUT2D eigenvalue weighted by Gasteiger charge is -2.32. The zero-order valence-electron chi connectivity index (χ0n) is 18.1. The number of carbonyl (C=O) groups excluding carboxylic acids is 2. The maximum absolute atomic E-state index is 14.1. The Labute approximate surface area is 197 Å². The van der Waals surface area contributed by atoms with Gasteiger partial charge in [-0.2, -0.15) is 0 Å². The standard InChI is InChI=1S/C25H21ClN2O4S/c1-16-7-8-17(2)18(13-16)14-27-22-6-4-3-5-21(22)25(24(27)30)28(23(29)15-33(25,31)32)20-11-9-19(26)10-12-20/h3-13H,14-15H2,1-2H3/t25-/m1/s1. The molecular formula is C25H21ClN2O4S. The second kappa shape index (κ2) is 7.43. The summed E-state index contributed by atoms with van der Waals surface area (Å²) >= 11 is 6.02. The molecule has 1 saturated heterocycles. The zero-order chi connectivity index (χ0) is 23.5. The first-order valence-corrected chi connectivity index (χ1v) is 12.5. The number of hydrogen-bond donors (Lipinski definition) is 0. The number of fused-ring (bicyclic) bond motifs is 2. The van der Waals surface area contributed by atoms with Gasteiger partial charge in [0.15, 0.2) is 9.84 Å². The molecule has 5 rings (SSSR count). The van der Waals surface area contributed by atoms with Gasteiger partial charge in [0.05, 0.1) is 12.2 Å². The summed E-state index contributed by atoms with van der Waals surface area (Å²) in [5.41, 5.74) is 4.03. The molecule has 0 radical (unpaired) electrons. The van der Waals surface area contributed by atoms with Crippen LogP contribution in [0.5, 0.6) is 0 Å². The van der Waals surface area contributed by atoms with E-state index in [1.807, 2.05) is 32.0 Å². The Morgan fingerprint density at radius 1 is 0.970 bits per heavy atom. The van der Waals surface area contributed by atoms with Crippen molar-refractivity contribution in [3.63, 3.8) is 0 Å². The number of carbonyl (C=O) groups is 2. The van der Waals surface area contributed by atoms with E-state index in [1.165, 1.54) is 4.90 Å². The van der Waals surface area contributed by atoms with Crippen LogP contribution in [0.15, 0.2) is 66.7 Å². The summed E-state index contributed by atoms with van der Waals surface area (Å²) < 4.78 is 27.2. The van der Waals surface area contributed by atoms with Gasteiger partial charge in [0.25, 0.3) is 10.8 Å². The minimum absolute atomic E-state index is 0.198. The Bertz CT molecular complexity index is 1420. The minimum atomic E-state index is -4.20. The van der Waals surface area contributed by atoms with E-state index in [0.717, 1.165) is 21.6 Å². The number of sulfone groups is 1. The van der Waals surface area contributed by atoms with Crippen LogP contribution in [0.2, 0.25) is 5.02 Å². The number of nitrogens with zero attached hydrogens (tertiary/aromatic N) is 2. The summed E-state index contributed by atoms with van der Waals surface area (Å²) in [6.45, 7) is 4.11. The van der Waals surface area contributed by atoms with Gasteiger partial charge in [-0.1, -0.05) is 53.6 Å². The molecule has 1 atom stereocenters. The summed E-state index contributed by atoms with van der Waals surface area (Å²) in [4.78, 5) is 27.7. The Hall–Kier alpha value is -3.16. The Balaban J connectivity index is 1.74. The summed E-state index contributed by atoms with van der Waals surface area (Å²) in [5, 5.41) is 0.442. The average molecular weight is 481 g/mol. The Kier molecular flexibility index (Phi) is 4.88. The highest BCUT2D eigenvalue weighted by Gasteiger charge is 2.69. The second-order valence-electron chi connectivity index (χ2n) is 8.45. The van der Waals surface area contributed by atoms with Crippen LogP contribution >= 0.6 is 11.6 Å². The molecule has 3 aromatic carbocycles. The molecule has 0 saturated carbocycles. The van der Waals surface area contributed by atoms with Gasteiger partial charge < -0.3 is 4.90 Å². The third-order valence-electron chi connectivity index (χ3n) is 6.34. The van der Waals surface area contributed by atoms with Crippen LogP contribution in [0.4, 0.5) is 11.4 Å². The molecule has 6 nitrogen and oxygen atoms in total. The van der Waals surface area contributed by atoms with E-state index in [4.69, 9.17) is 11.6 Å². The number of halogens is 1. The van der Waals surface area contributed by atoms with E-state index in [1.54, 1.807) is 48.5 Å². The van der Waals surface area contributed by atoms with Gasteiger partial charge in [-0.05, 0) is 55.3 Å². The van der Waals surface area contributed by atoms with Crippen molar-refractivity contribution in [2.24, 2.45) is 0 Å². The monoisotopic (exact) mass is 480 g/mol. The molecule has 2 aliphatic heterocycles. The van der Waals surface area contributed by atoms with Gasteiger partial charge in [0, 0.05) is 16.3 Å². The van der Waals surface area contributed by atoms with Crippen LogP contribution in [0.1, 0.15) is 22.3 Å². The molecule has 2 heterocycles. The highest BCUT2D eigenvalue weighted by molar-refractivity contribution is 7.94. The van der Waals surface area contributed by atoms with Crippen LogP contribution in [0.25, 0.3) is 0 Å². The molecule has 168 valence electrons. The van der Waals surface area contributed by atoms with Gasteiger partial charge >= 0.3 is 0 Å². The molecule has 33 heavy (non-hydrogen) atoms. The second-order valence-corrected chi connectivity index (χ2v) is 11.0. The molecule has 3 aromatic rings. The maximum Gasteiger partial charge on any atom is 0.274 e. The first kappa shape index (κ1) is 21.7. The maximum atomic E-state index is 14.1. The number of para-hydroxylation sites is 1. The third kappa shape index (κ3) is 3.03. The quantitative estimate of drug-likeness (QED) is 0.565. The number of amides is 2. The fraction of sp³-hybridized carbons (Fsp3) is 0.200. The van der Waals surface area contributed by atoms with Gasteiger partial charge in [-0.15, -0.1) is 0 Å². The molecule has 0 N–H and O–H groups in total. The molecule has 1 fully saturated rings. The number of anilines is 2. The van der Waals surface area contributed by atoms with Crippen molar-refractivity contribution in [1.82, 2.24) is 0 Å². The van der Waals surface area contributed by atoms with Crippen molar-refractivity contribution in [2.75, 3.05) is 15.6 Å². The first-order valence-electron chi connectivity index (χ1n) is 10.5.